The number of hydrogen-bond acceptors (Lipinski definition) is 2. The van der Waals surface area contributed by atoms with Crippen molar-refractivity contribution in [2.45, 2.75) is 46.2 Å². The molecule has 2 unspecified atom stereocenters. The normalized spacial score (nSPS) is 17.8. The minimum atomic E-state index is -0.0500. The van der Waals surface area contributed by atoms with Gasteiger partial charge >= 0.3 is 0 Å². The highest BCUT2D eigenvalue weighted by atomic mass is 32.1. The Balaban J connectivity index is 1.67. The van der Waals surface area contributed by atoms with Crippen LogP contribution in [0.15, 0.2) is 79.0 Å². The van der Waals surface area contributed by atoms with E-state index in [0.29, 0.717) is 0 Å². The molecule has 2 aromatic heterocycles. The number of hydrogen-bond donors (Lipinski definition) is 1. The second kappa shape index (κ2) is 9.07. The van der Waals surface area contributed by atoms with Crippen LogP contribution in [0, 0.1) is 20.8 Å². The standard InChI is InChI=1S/C29H30N4S/c1-5-22-12-14-23(15-13-22)33-28(27(31-29(33)34)26-11-6-7-16-30-26)25-18-20(3)32(21(25)4)24-10-8-9-19(2)17-24/h6-18,27-28H,5H2,1-4H3,(H,31,34). The van der Waals surface area contributed by atoms with E-state index in [1.165, 1.54) is 33.8 Å². The molecule has 0 radical (unpaired) electrons. The van der Waals surface area contributed by atoms with Crippen molar-refractivity contribution < 1.29 is 0 Å². The fourth-order valence-electron chi connectivity index (χ4n) is 5.09. The molecule has 4 aromatic rings. The molecule has 1 aliphatic rings. The van der Waals surface area contributed by atoms with Crippen molar-refractivity contribution in [3.63, 3.8) is 0 Å². The topological polar surface area (TPSA) is 33.1 Å². The summed E-state index contributed by atoms with van der Waals surface area (Å²) in [5.41, 5.74) is 9.51. The lowest BCUT2D eigenvalue weighted by molar-refractivity contribution is 0.565. The fraction of sp³-hybridized carbons (Fsp3) is 0.241. The summed E-state index contributed by atoms with van der Waals surface area (Å²) in [6.45, 7) is 8.70. The molecule has 0 bridgehead atoms. The van der Waals surface area contributed by atoms with Crippen LogP contribution in [0.5, 0.6) is 0 Å². The Morgan fingerprint density at radius 1 is 0.912 bits per heavy atom. The molecule has 1 saturated heterocycles. The largest absolute Gasteiger partial charge is 0.351 e. The Labute approximate surface area is 207 Å². The van der Waals surface area contributed by atoms with E-state index in [2.05, 4.69) is 103 Å². The molecule has 3 heterocycles. The van der Waals surface area contributed by atoms with Gasteiger partial charge in [0.25, 0.3) is 0 Å². The average Bonchev–Trinajstić information content (AvgIpc) is 3.34. The summed E-state index contributed by atoms with van der Waals surface area (Å²) in [7, 11) is 0. The van der Waals surface area contributed by atoms with Crippen molar-refractivity contribution in [3.8, 4) is 5.69 Å². The lowest BCUT2D eigenvalue weighted by atomic mass is 9.96. The number of nitrogens with one attached hydrogen (secondary N) is 1. The van der Waals surface area contributed by atoms with Crippen molar-refractivity contribution in [3.05, 3.63) is 113 Å². The van der Waals surface area contributed by atoms with Gasteiger partial charge in [0, 0.05) is 29.0 Å². The summed E-state index contributed by atoms with van der Waals surface area (Å²) in [4.78, 5) is 6.96. The van der Waals surface area contributed by atoms with Crippen molar-refractivity contribution in [1.82, 2.24) is 14.9 Å². The van der Waals surface area contributed by atoms with Crippen molar-refractivity contribution in [2.24, 2.45) is 0 Å². The number of pyridine rings is 1. The molecule has 172 valence electrons. The minimum Gasteiger partial charge on any atom is -0.351 e. The van der Waals surface area contributed by atoms with Crippen LogP contribution < -0.4 is 10.2 Å². The zero-order valence-corrected chi connectivity index (χ0v) is 20.9. The van der Waals surface area contributed by atoms with E-state index >= 15 is 0 Å². The highest BCUT2D eigenvalue weighted by Crippen LogP contribution is 2.43. The van der Waals surface area contributed by atoms with Crippen LogP contribution in [0.1, 0.15) is 52.8 Å². The van der Waals surface area contributed by atoms with Gasteiger partial charge in [0.05, 0.1) is 17.8 Å². The van der Waals surface area contributed by atoms with E-state index in [1.807, 2.05) is 18.3 Å². The Kier molecular flexibility index (Phi) is 5.96. The SMILES string of the molecule is CCc1ccc(N2C(=S)NC(c3ccccn3)C2c2cc(C)n(-c3cccc(C)c3)c2C)cc1. The van der Waals surface area contributed by atoms with Gasteiger partial charge in [-0.15, -0.1) is 0 Å². The van der Waals surface area contributed by atoms with Crippen molar-refractivity contribution >= 4 is 23.0 Å². The molecule has 0 amide bonds. The second-order valence-electron chi connectivity index (χ2n) is 9.02. The number of anilines is 1. The van der Waals surface area contributed by atoms with Gasteiger partial charge in [0.1, 0.15) is 0 Å². The molecule has 2 atom stereocenters. The van der Waals surface area contributed by atoms with Crippen LogP contribution >= 0.6 is 12.2 Å². The van der Waals surface area contributed by atoms with Crippen LogP contribution in [0.2, 0.25) is 0 Å². The lowest BCUT2D eigenvalue weighted by Crippen LogP contribution is -2.29. The van der Waals surface area contributed by atoms with E-state index in [4.69, 9.17) is 17.2 Å². The Morgan fingerprint density at radius 3 is 2.38 bits per heavy atom. The first-order valence-corrected chi connectivity index (χ1v) is 12.2. The average molecular weight is 467 g/mol. The smallest absolute Gasteiger partial charge is 0.174 e. The molecule has 4 nitrogen and oxygen atoms in total. The summed E-state index contributed by atoms with van der Waals surface area (Å²) in [6.07, 6.45) is 2.87. The minimum absolute atomic E-state index is 0.0142. The molecular weight excluding hydrogens is 436 g/mol. The van der Waals surface area contributed by atoms with Gasteiger partial charge in [-0.1, -0.05) is 37.3 Å². The van der Waals surface area contributed by atoms with Gasteiger partial charge in [0.2, 0.25) is 0 Å². The number of aromatic nitrogens is 2. The van der Waals surface area contributed by atoms with Crippen LogP contribution in [-0.4, -0.2) is 14.7 Å². The quantitative estimate of drug-likeness (QED) is 0.339. The zero-order chi connectivity index (χ0) is 23.8. The van der Waals surface area contributed by atoms with Crippen LogP contribution in [0.25, 0.3) is 5.69 Å². The molecule has 0 aliphatic carbocycles. The molecule has 1 N–H and O–H groups in total. The van der Waals surface area contributed by atoms with E-state index in [9.17, 15) is 0 Å². The number of benzene rings is 2. The highest BCUT2D eigenvalue weighted by molar-refractivity contribution is 7.80. The van der Waals surface area contributed by atoms with Crippen LogP contribution in [-0.2, 0) is 6.42 Å². The van der Waals surface area contributed by atoms with Gasteiger partial charge in [0.15, 0.2) is 5.11 Å². The fourth-order valence-corrected chi connectivity index (χ4v) is 5.44. The third kappa shape index (κ3) is 3.90. The van der Waals surface area contributed by atoms with Gasteiger partial charge < -0.3 is 14.8 Å². The summed E-state index contributed by atoms with van der Waals surface area (Å²) in [5, 5.41) is 4.31. The van der Waals surface area contributed by atoms with E-state index in [-0.39, 0.29) is 12.1 Å². The maximum absolute atomic E-state index is 5.91. The lowest BCUT2D eigenvalue weighted by Gasteiger charge is -2.28. The molecule has 0 spiro atoms. The molecule has 5 heteroatoms. The molecule has 2 aromatic carbocycles. The molecule has 1 aliphatic heterocycles. The summed E-state index contributed by atoms with van der Waals surface area (Å²) < 4.78 is 2.34. The van der Waals surface area contributed by atoms with Crippen LogP contribution in [0.3, 0.4) is 0 Å². The zero-order valence-electron chi connectivity index (χ0n) is 20.1. The third-order valence-electron chi connectivity index (χ3n) is 6.77. The predicted octanol–water partition coefficient (Wildman–Crippen LogP) is 6.54. The van der Waals surface area contributed by atoms with Crippen molar-refractivity contribution in [1.29, 1.82) is 0 Å². The number of nitrogens with zero attached hydrogens (tertiary/aromatic N) is 3. The molecule has 1 fully saturated rings. The Morgan fingerprint density at radius 2 is 1.71 bits per heavy atom. The summed E-state index contributed by atoms with van der Waals surface area (Å²) >= 11 is 5.91. The Hall–Kier alpha value is -3.44. The number of thiocarbonyl (C=S) groups is 1. The van der Waals surface area contributed by atoms with Gasteiger partial charge in [-0.05, 0) is 98.6 Å². The van der Waals surface area contributed by atoms with Gasteiger partial charge in [-0.25, -0.2) is 0 Å². The van der Waals surface area contributed by atoms with E-state index in [0.717, 1.165) is 22.9 Å². The van der Waals surface area contributed by atoms with Crippen LogP contribution in [0.4, 0.5) is 5.69 Å². The molecule has 34 heavy (non-hydrogen) atoms. The third-order valence-corrected chi connectivity index (χ3v) is 7.08. The maximum Gasteiger partial charge on any atom is 0.174 e. The second-order valence-corrected chi connectivity index (χ2v) is 9.40. The monoisotopic (exact) mass is 466 g/mol. The molecule has 5 rings (SSSR count). The molecular formula is C29H30N4S. The first-order valence-electron chi connectivity index (χ1n) is 11.8. The highest BCUT2D eigenvalue weighted by Gasteiger charge is 2.42. The number of rotatable bonds is 5. The van der Waals surface area contributed by atoms with Gasteiger partial charge in [-0.3, -0.25) is 4.98 Å². The Bertz CT molecular complexity index is 1320. The van der Waals surface area contributed by atoms with E-state index in [1.54, 1.807) is 0 Å². The summed E-state index contributed by atoms with van der Waals surface area (Å²) in [5.74, 6) is 0. The summed E-state index contributed by atoms with van der Waals surface area (Å²) in [6, 6.07) is 25.7. The molecule has 0 saturated carbocycles. The number of aryl methyl sites for hydroxylation is 3. The first kappa shape index (κ1) is 22.4. The maximum atomic E-state index is 5.91. The van der Waals surface area contributed by atoms with Gasteiger partial charge in [-0.2, -0.15) is 0 Å². The predicted molar refractivity (Wildman–Crippen MR) is 144 cm³/mol. The first-order chi connectivity index (χ1) is 16.5. The van der Waals surface area contributed by atoms with E-state index < -0.39 is 0 Å². The van der Waals surface area contributed by atoms with Crippen molar-refractivity contribution in [2.75, 3.05) is 4.90 Å².